The Kier molecular flexibility index (Phi) is 4.48. The molecule has 3 rings (SSSR count). The van der Waals surface area contributed by atoms with E-state index in [9.17, 15) is 4.79 Å². The van der Waals surface area contributed by atoms with Crippen LogP contribution in [0.25, 0.3) is 10.9 Å². The Morgan fingerprint density at radius 1 is 1.36 bits per heavy atom. The number of methoxy groups -OCH3 is 1. The molecule has 0 unspecified atom stereocenters. The van der Waals surface area contributed by atoms with Gasteiger partial charge in [-0.25, -0.2) is 0 Å². The molecule has 0 N–H and O–H groups in total. The maximum atomic E-state index is 13.2. The van der Waals surface area contributed by atoms with Crippen LogP contribution in [-0.4, -0.2) is 39.2 Å². The second kappa shape index (κ2) is 6.58. The molecule has 132 valence electrons. The molecule has 0 fully saturated rings. The van der Waals surface area contributed by atoms with Gasteiger partial charge in [-0.2, -0.15) is 4.98 Å². The first-order valence-corrected chi connectivity index (χ1v) is 8.17. The van der Waals surface area contributed by atoms with Crippen LogP contribution in [-0.2, 0) is 13.6 Å². The van der Waals surface area contributed by atoms with Gasteiger partial charge in [0, 0.05) is 37.1 Å². The fourth-order valence-corrected chi connectivity index (χ4v) is 3.01. The number of hydrogen-bond donors (Lipinski definition) is 0. The highest BCUT2D eigenvalue weighted by Gasteiger charge is 2.24. The van der Waals surface area contributed by atoms with Gasteiger partial charge >= 0.3 is 0 Å². The van der Waals surface area contributed by atoms with Crippen molar-refractivity contribution in [3.8, 4) is 5.75 Å². The Balaban J connectivity index is 2.04. The summed E-state index contributed by atoms with van der Waals surface area (Å²) < 4.78 is 12.4. The number of ether oxygens (including phenoxy) is 1. The summed E-state index contributed by atoms with van der Waals surface area (Å²) in [5.74, 6) is 1.66. The minimum Gasteiger partial charge on any atom is -0.497 e. The molecule has 0 saturated carbocycles. The molecule has 0 aliphatic carbocycles. The normalized spacial score (nSPS) is 11.1. The first-order chi connectivity index (χ1) is 12.0. The van der Waals surface area contributed by atoms with Crippen LogP contribution in [0.15, 0.2) is 22.7 Å². The van der Waals surface area contributed by atoms with E-state index in [1.165, 1.54) is 0 Å². The summed E-state index contributed by atoms with van der Waals surface area (Å²) in [5.41, 5.74) is 2.59. The fraction of sp³-hybridized carbons (Fsp3) is 0.389. The monoisotopic (exact) mass is 342 g/mol. The van der Waals surface area contributed by atoms with E-state index >= 15 is 0 Å². The average Bonchev–Trinajstić information content (AvgIpc) is 3.13. The smallest absolute Gasteiger partial charge is 0.256 e. The van der Waals surface area contributed by atoms with Crippen LogP contribution in [0.2, 0.25) is 0 Å². The van der Waals surface area contributed by atoms with Crippen molar-refractivity contribution in [1.29, 1.82) is 0 Å². The number of carbonyl (C=O) groups is 1. The van der Waals surface area contributed by atoms with E-state index in [0.717, 1.165) is 22.3 Å². The van der Waals surface area contributed by atoms with Crippen molar-refractivity contribution in [3.63, 3.8) is 0 Å². The third-order valence-corrected chi connectivity index (χ3v) is 4.48. The molecular weight excluding hydrogens is 320 g/mol. The summed E-state index contributed by atoms with van der Waals surface area (Å²) in [4.78, 5) is 19.1. The molecule has 7 nitrogen and oxygen atoms in total. The highest BCUT2D eigenvalue weighted by Crippen LogP contribution is 2.29. The number of aryl methyl sites for hydroxylation is 2. The van der Waals surface area contributed by atoms with E-state index in [2.05, 4.69) is 10.1 Å². The van der Waals surface area contributed by atoms with Gasteiger partial charge in [0.2, 0.25) is 5.89 Å². The predicted octanol–water partition coefficient (Wildman–Crippen LogP) is 2.85. The second-order valence-corrected chi connectivity index (χ2v) is 5.95. The highest BCUT2D eigenvalue weighted by atomic mass is 16.5. The molecule has 1 aromatic carbocycles. The summed E-state index contributed by atoms with van der Waals surface area (Å²) >= 11 is 0. The van der Waals surface area contributed by atoms with Gasteiger partial charge in [-0.05, 0) is 32.0 Å². The van der Waals surface area contributed by atoms with E-state index in [0.29, 0.717) is 30.4 Å². The third kappa shape index (κ3) is 2.97. The van der Waals surface area contributed by atoms with Gasteiger partial charge in [0.15, 0.2) is 5.82 Å². The average molecular weight is 342 g/mol. The molecule has 2 aromatic heterocycles. The van der Waals surface area contributed by atoms with Crippen molar-refractivity contribution in [2.45, 2.75) is 27.3 Å². The Hall–Kier alpha value is -2.83. The highest BCUT2D eigenvalue weighted by molar-refractivity contribution is 6.08. The molecule has 7 heteroatoms. The lowest BCUT2D eigenvalue weighted by Crippen LogP contribution is -2.31. The van der Waals surface area contributed by atoms with Gasteiger partial charge in [-0.15, -0.1) is 0 Å². The van der Waals surface area contributed by atoms with Crippen LogP contribution < -0.4 is 4.74 Å². The fourth-order valence-electron chi connectivity index (χ4n) is 3.01. The molecule has 3 aromatic rings. The Labute approximate surface area is 146 Å². The molecular formula is C18H22N4O3. The number of aromatic nitrogens is 3. The summed E-state index contributed by atoms with van der Waals surface area (Å²) in [6.07, 6.45) is 0. The number of benzene rings is 1. The van der Waals surface area contributed by atoms with Gasteiger partial charge in [0.1, 0.15) is 5.75 Å². The lowest BCUT2D eigenvalue weighted by molar-refractivity contribution is 0.0748. The van der Waals surface area contributed by atoms with Gasteiger partial charge in [0.25, 0.3) is 5.91 Å². The summed E-state index contributed by atoms with van der Waals surface area (Å²) in [5, 5.41) is 4.77. The van der Waals surface area contributed by atoms with Crippen molar-refractivity contribution in [1.82, 2.24) is 19.6 Å². The van der Waals surface area contributed by atoms with Crippen molar-refractivity contribution in [2.24, 2.45) is 7.05 Å². The summed E-state index contributed by atoms with van der Waals surface area (Å²) in [6.45, 7) is 6.48. The molecule has 0 bridgehead atoms. The maximum Gasteiger partial charge on any atom is 0.256 e. The Morgan fingerprint density at radius 2 is 2.12 bits per heavy atom. The maximum absolute atomic E-state index is 13.2. The van der Waals surface area contributed by atoms with Crippen molar-refractivity contribution in [2.75, 3.05) is 13.7 Å². The molecule has 25 heavy (non-hydrogen) atoms. The van der Waals surface area contributed by atoms with E-state index in [4.69, 9.17) is 9.26 Å². The van der Waals surface area contributed by atoms with E-state index in [1.54, 1.807) is 18.9 Å². The molecule has 0 saturated heterocycles. The van der Waals surface area contributed by atoms with Crippen LogP contribution in [0.1, 0.15) is 34.7 Å². The van der Waals surface area contributed by atoms with Gasteiger partial charge in [-0.1, -0.05) is 5.16 Å². The topological polar surface area (TPSA) is 73.4 Å². The lowest BCUT2D eigenvalue weighted by atomic mass is 10.1. The van der Waals surface area contributed by atoms with Gasteiger partial charge in [-0.3, -0.25) is 4.79 Å². The van der Waals surface area contributed by atoms with Crippen LogP contribution in [0.4, 0.5) is 0 Å². The first-order valence-electron chi connectivity index (χ1n) is 8.17. The Morgan fingerprint density at radius 3 is 2.72 bits per heavy atom. The van der Waals surface area contributed by atoms with Crippen LogP contribution in [0.3, 0.4) is 0 Å². The summed E-state index contributed by atoms with van der Waals surface area (Å²) in [6, 6.07) is 5.77. The molecule has 2 heterocycles. The number of amides is 1. The SMILES string of the molecule is CCN(Cc1noc(C)n1)C(=O)c1c(C)n(C)c2ccc(OC)cc12. The molecule has 0 spiro atoms. The largest absolute Gasteiger partial charge is 0.497 e. The number of hydrogen-bond acceptors (Lipinski definition) is 5. The number of fused-ring (bicyclic) bond motifs is 1. The minimum atomic E-state index is -0.0543. The van der Waals surface area contributed by atoms with Crippen LogP contribution in [0, 0.1) is 13.8 Å². The number of rotatable bonds is 5. The van der Waals surface area contributed by atoms with Crippen LogP contribution in [0.5, 0.6) is 5.75 Å². The van der Waals surface area contributed by atoms with Crippen molar-refractivity contribution in [3.05, 3.63) is 41.2 Å². The molecule has 0 radical (unpaired) electrons. The van der Waals surface area contributed by atoms with E-state index < -0.39 is 0 Å². The van der Waals surface area contributed by atoms with Gasteiger partial charge < -0.3 is 18.7 Å². The third-order valence-electron chi connectivity index (χ3n) is 4.48. The van der Waals surface area contributed by atoms with Crippen molar-refractivity contribution < 1.29 is 14.1 Å². The zero-order valence-electron chi connectivity index (χ0n) is 15.2. The van der Waals surface area contributed by atoms with E-state index in [1.807, 2.05) is 43.7 Å². The number of nitrogens with zero attached hydrogens (tertiary/aromatic N) is 4. The zero-order valence-corrected chi connectivity index (χ0v) is 15.2. The quantitative estimate of drug-likeness (QED) is 0.713. The standard InChI is InChI=1S/C18H22N4O3/c1-6-22(10-16-19-12(3)25-20-16)18(23)17-11(2)21(4)15-8-7-13(24-5)9-14(15)17/h7-9H,6,10H2,1-5H3. The van der Waals surface area contributed by atoms with Crippen LogP contribution >= 0.6 is 0 Å². The molecule has 0 atom stereocenters. The molecule has 1 amide bonds. The minimum absolute atomic E-state index is 0.0543. The second-order valence-electron chi connectivity index (χ2n) is 5.95. The Bertz CT molecular complexity index is 926. The predicted molar refractivity (Wildman–Crippen MR) is 93.7 cm³/mol. The lowest BCUT2D eigenvalue weighted by Gasteiger charge is -2.19. The molecule has 0 aliphatic rings. The first kappa shape index (κ1) is 17.0. The van der Waals surface area contributed by atoms with Gasteiger partial charge in [0.05, 0.1) is 19.2 Å². The van der Waals surface area contributed by atoms with Crippen molar-refractivity contribution >= 4 is 16.8 Å². The van der Waals surface area contributed by atoms with E-state index in [-0.39, 0.29) is 5.91 Å². The zero-order chi connectivity index (χ0) is 18.1. The molecule has 0 aliphatic heterocycles. The number of carbonyl (C=O) groups excluding carboxylic acids is 1. The summed E-state index contributed by atoms with van der Waals surface area (Å²) in [7, 11) is 3.58.